The van der Waals surface area contributed by atoms with Crippen molar-refractivity contribution < 1.29 is 15.3 Å². The van der Waals surface area contributed by atoms with Crippen molar-refractivity contribution >= 4 is 0 Å². The lowest BCUT2D eigenvalue weighted by Gasteiger charge is -2.18. The molecule has 0 saturated heterocycles. The Labute approximate surface area is 125 Å². The van der Waals surface area contributed by atoms with Crippen LogP contribution in [0.3, 0.4) is 0 Å². The first-order chi connectivity index (χ1) is 10.0. The Hall–Kier alpha value is -2.16. The van der Waals surface area contributed by atoms with Crippen LogP contribution in [-0.2, 0) is 19.3 Å². The molecule has 0 spiro atoms. The normalized spacial score (nSPS) is 10.8. The van der Waals surface area contributed by atoms with Gasteiger partial charge in [-0.1, -0.05) is 20.8 Å². The van der Waals surface area contributed by atoms with E-state index in [1.165, 1.54) is 29.3 Å². The summed E-state index contributed by atoms with van der Waals surface area (Å²) in [5.74, 6) is 0.321. The minimum absolute atomic E-state index is 0.0523. The van der Waals surface area contributed by atoms with E-state index in [0.29, 0.717) is 11.1 Å². The van der Waals surface area contributed by atoms with Gasteiger partial charge in [0.25, 0.3) is 0 Å². The van der Waals surface area contributed by atoms with E-state index in [1.807, 2.05) is 13.0 Å². The summed E-state index contributed by atoms with van der Waals surface area (Å²) in [6.45, 7) is 6.18. The van der Waals surface area contributed by atoms with Gasteiger partial charge in [-0.2, -0.15) is 0 Å². The second-order valence-electron chi connectivity index (χ2n) is 5.15. The standard InChI is InChI=1S/C18H22O3/c1-4-11-9-16(15-10-12(19)7-8-17(15)20)18(21)14(6-3)13(11)5-2/h7-10,19-21H,4-6H2,1-3H3. The molecule has 0 aliphatic rings. The first-order valence-corrected chi connectivity index (χ1v) is 7.42. The fourth-order valence-electron chi connectivity index (χ4n) is 2.91. The van der Waals surface area contributed by atoms with Crippen molar-refractivity contribution in [2.75, 3.05) is 0 Å². The number of rotatable bonds is 4. The molecule has 0 saturated carbocycles. The minimum Gasteiger partial charge on any atom is -0.508 e. The summed E-state index contributed by atoms with van der Waals surface area (Å²) in [6, 6.07) is 6.27. The molecule has 0 radical (unpaired) electrons. The lowest BCUT2D eigenvalue weighted by atomic mass is 9.89. The van der Waals surface area contributed by atoms with Crippen LogP contribution < -0.4 is 0 Å². The third kappa shape index (κ3) is 2.68. The lowest BCUT2D eigenvalue weighted by molar-refractivity contribution is 0.457. The van der Waals surface area contributed by atoms with Crippen molar-refractivity contribution in [3.63, 3.8) is 0 Å². The van der Waals surface area contributed by atoms with Crippen molar-refractivity contribution in [3.05, 3.63) is 41.0 Å². The number of hydrogen-bond donors (Lipinski definition) is 3. The van der Waals surface area contributed by atoms with Gasteiger partial charge in [-0.3, -0.25) is 0 Å². The molecule has 0 aliphatic carbocycles. The van der Waals surface area contributed by atoms with Crippen LogP contribution in [0.2, 0.25) is 0 Å². The molecule has 0 aromatic heterocycles. The summed E-state index contributed by atoms with van der Waals surface area (Å²) >= 11 is 0. The van der Waals surface area contributed by atoms with Crippen LogP contribution in [-0.4, -0.2) is 15.3 Å². The third-order valence-corrected chi connectivity index (χ3v) is 3.97. The highest BCUT2D eigenvalue weighted by Crippen LogP contribution is 2.41. The number of phenolic OH excluding ortho intramolecular Hbond substituents is 3. The molecule has 2 aromatic carbocycles. The molecule has 21 heavy (non-hydrogen) atoms. The smallest absolute Gasteiger partial charge is 0.127 e. The van der Waals surface area contributed by atoms with Crippen LogP contribution in [0.25, 0.3) is 11.1 Å². The van der Waals surface area contributed by atoms with Gasteiger partial charge in [0.15, 0.2) is 0 Å². The van der Waals surface area contributed by atoms with Crippen LogP contribution in [0.4, 0.5) is 0 Å². The average Bonchev–Trinajstić information content (AvgIpc) is 2.49. The predicted octanol–water partition coefficient (Wildman–Crippen LogP) is 4.16. The largest absolute Gasteiger partial charge is 0.508 e. The van der Waals surface area contributed by atoms with Gasteiger partial charge < -0.3 is 15.3 Å². The molecule has 0 bridgehead atoms. The summed E-state index contributed by atoms with van der Waals surface area (Å²) in [5, 5.41) is 30.3. The summed E-state index contributed by atoms with van der Waals surface area (Å²) in [4.78, 5) is 0. The van der Waals surface area contributed by atoms with Crippen molar-refractivity contribution in [3.8, 4) is 28.4 Å². The van der Waals surface area contributed by atoms with Gasteiger partial charge in [-0.25, -0.2) is 0 Å². The molecule has 0 atom stereocenters. The van der Waals surface area contributed by atoms with E-state index in [0.717, 1.165) is 24.8 Å². The van der Waals surface area contributed by atoms with Crippen LogP contribution >= 0.6 is 0 Å². The highest BCUT2D eigenvalue weighted by molar-refractivity contribution is 5.79. The average molecular weight is 286 g/mol. The zero-order valence-electron chi connectivity index (χ0n) is 12.8. The van der Waals surface area contributed by atoms with Crippen LogP contribution in [0.1, 0.15) is 37.5 Å². The van der Waals surface area contributed by atoms with Gasteiger partial charge >= 0.3 is 0 Å². The lowest BCUT2D eigenvalue weighted by Crippen LogP contribution is -2.00. The minimum atomic E-state index is 0.0523. The third-order valence-electron chi connectivity index (χ3n) is 3.97. The Morgan fingerprint density at radius 1 is 0.762 bits per heavy atom. The van der Waals surface area contributed by atoms with Crippen molar-refractivity contribution in [2.45, 2.75) is 40.0 Å². The van der Waals surface area contributed by atoms with E-state index in [1.54, 1.807) is 0 Å². The van der Waals surface area contributed by atoms with Gasteiger partial charge in [0.05, 0.1) is 0 Å². The first kappa shape index (κ1) is 15.2. The summed E-state index contributed by atoms with van der Waals surface area (Å²) in [6.07, 6.45) is 2.46. The zero-order valence-corrected chi connectivity index (χ0v) is 12.8. The van der Waals surface area contributed by atoms with E-state index in [-0.39, 0.29) is 17.2 Å². The Morgan fingerprint density at radius 3 is 2.00 bits per heavy atom. The molecule has 3 heteroatoms. The first-order valence-electron chi connectivity index (χ1n) is 7.42. The van der Waals surface area contributed by atoms with Crippen molar-refractivity contribution in [2.24, 2.45) is 0 Å². The molecule has 2 aromatic rings. The van der Waals surface area contributed by atoms with Gasteiger partial charge in [0.2, 0.25) is 0 Å². The van der Waals surface area contributed by atoms with E-state index >= 15 is 0 Å². The maximum Gasteiger partial charge on any atom is 0.127 e. The molecule has 112 valence electrons. The SMILES string of the molecule is CCc1cc(-c2cc(O)ccc2O)c(O)c(CC)c1CC. The monoisotopic (exact) mass is 286 g/mol. The van der Waals surface area contributed by atoms with Gasteiger partial charge in [0, 0.05) is 11.1 Å². The highest BCUT2D eigenvalue weighted by Gasteiger charge is 2.18. The van der Waals surface area contributed by atoms with E-state index in [2.05, 4.69) is 13.8 Å². The number of phenols is 3. The molecular weight excluding hydrogens is 264 g/mol. The molecule has 0 heterocycles. The van der Waals surface area contributed by atoms with Crippen LogP contribution in [0.5, 0.6) is 17.2 Å². The van der Waals surface area contributed by atoms with Gasteiger partial charge in [-0.05, 0) is 60.2 Å². The van der Waals surface area contributed by atoms with Crippen LogP contribution in [0, 0.1) is 0 Å². The second-order valence-corrected chi connectivity index (χ2v) is 5.15. The number of aromatic hydroxyl groups is 3. The fourth-order valence-corrected chi connectivity index (χ4v) is 2.91. The topological polar surface area (TPSA) is 60.7 Å². The highest BCUT2D eigenvalue weighted by atomic mass is 16.3. The quantitative estimate of drug-likeness (QED) is 0.740. The van der Waals surface area contributed by atoms with Gasteiger partial charge in [0.1, 0.15) is 17.2 Å². The fraction of sp³-hybridized carbons (Fsp3) is 0.333. The molecule has 0 aliphatic heterocycles. The Bertz CT molecular complexity index is 660. The molecule has 2 rings (SSSR count). The maximum atomic E-state index is 10.6. The molecule has 0 amide bonds. The van der Waals surface area contributed by atoms with Crippen molar-refractivity contribution in [1.82, 2.24) is 0 Å². The predicted molar refractivity (Wildman–Crippen MR) is 85.0 cm³/mol. The Balaban J connectivity index is 2.78. The van der Waals surface area contributed by atoms with E-state index < -0.39 is 0 Å². The van der Waals surface area contributed by atoms with E-state index in [4.69, 9.17) is 0 Å². The summed E-state index contributed by atoms with van der Waals surface area (Å²) in [7, 11) is 0. The number of hydrogen-bond acceptors (Lipinski definition) is 3. The molecular formula is C18H22O3. The molecule has 0 fully saturated rings. The van der Waals surface area contributed by atoms with Crippen molar-refractivity contribution in [1.29, 1.82) is 0 Å². The second kappa shape index (κ2) is 6.08. The van der Waals surface area contributed by atoms with Gasteiger partial charge in [-0.15, -0.1) is 0 Å². The number of benzene rings is 2. The van der Waals surface area contributed by atoms with E-state index in [9.17, 15) is 15.3 Å². The number of aryl methyl sites for hydroxylation is 1. The maximum absolute atomic E-state index is 10.6. The Kier molecular flexibility index (Phi) is 4.41. The summed E-state index contributed by atoms with van der Waals surface area (Å²) < 4.78 is 0. The molecule has 0 unspecified atom stereocenters. The summed E-state index contributed by atoms with van der Waals surface area (Å²) in [5.41, 5.74) is 4.31. The molecule has 3 nitrogen and oxygen atoms in total. The van der Waals surface area contributed by atoms with Crippen LogP contribution in [0.15, 0.2) is 24.3 Å². The zero-order chi connectivity index (χ0) is 15.6. The molecule has 3 N–H and O–H groups in total. The Morgan fingerprint density at radius 2 is 1.43 bits per heavy atom.